The van der Waals surface area contributed by atoms with Gasteiger partial charge in [-0.3, -0.25) is 0 Å². The Hall–Kier alpha value is -2.94. The molecule has 2 aromatic carbocycles. The quantitative estimate of drug-likeness (QED) is 0.537. The summed E-state index contributed by atoms with van der Waals surface area (Å²) in [5, 5.41) is 2.60. The van der Waals surface area contributed by atoms with E-state index < -0.39 is 29.8 Å². The van der Waals surface area contributed by atoms with Crippen LogP contribution in [0.4, 0.5) is 4.79 Å². The number of ether oxygens (including phenoxy) is 5. The molecule has 0 unspecified atom stereocenters. The molecule has 0 aromatic heterocycles. The van der Waals surface area contributed by atoms with E-state index in [4.69, 9.17) is 23.7 Å². The molecule has 1 aliphatic heterocycles. The van der Waals surface area contributed by atoms with Crippen LogP contribution in [0.1, 0.15) is 38.3 Å². The van der Waals surface area contributed by atoms with E-state index in [0.29, 0.717) is 19.6 Å². The van der Waals surface area contributed by atoms with Gasteiger partial charge in [-0.1, -0.05) is 60.7 Å². The van der Waals surface area contributed by atoms with Crippen LogP contribution < -0.4 is 5.32 Å². The first-order chi connectivity index (χ1) is 16.7. The summed E-state index contributed by atoms with van der Waals surface area (Å²) in [5.74, 6) is -0.619. The summed E-state index contributed by atoms with van der Waals surface area (Å²) in [6, 6.07) is 18.6. The van der Waals surface area contributed by atoms with Crippen molar-refractivity contribution in [3.8, 4) is 0 Å². The number of carbonyl (C=O) groups excluding carboxylic acids is 2. The highest BCUT2D eigenvalue weighted by Crippen LogP contribution is 2.25. The van der Waals surface area contributed by atoms with Crippen LogP contribution in [0.25, 0.3) is 0 Å². The third kappa shape index (κ3) is 8.65. The van der Waals surface area contributed by atoms with E-state index in [-0.39, 0.29) is 18.8 Å². The second-order valence-corrected chi connectivity index (χ2v) is 9.42. The van der Waals surface area contributed by atoms with Crippen LogP contribution in [0.15, 0.2) is 60.7 Å². The molecule has 3 rings (SSSR count). The molecule has 0 bridgehead atoms. The minimum absolute atomic E-state index is 0.195. The van der Waals surface area contributed by atoms with Crippen LogP contribution in [0.5, 0.6) is 0 Å². The van der Waals surface area contributed by atoms with Crippen molar-refractivity contribution in [1.82, 2.24) is 5.32 Å². The van der Waals surface area contributed by atoms with Gasteiger partial charge in [0.15, 0.2) is 6.04 Å². The SMILES string of the molecule is COC(=O)[C@H](NC(=O)OC(C)(C)C)[C@H]1C[C@H](OCc2ccccc2)[C@H](OCc2ccccc2)CO1. The van der Waals surface area contributed by atoms with Crippen molar-refractivity contribution in [3.63, 3.8) is 0 Å². The van der Waals surface area contributed by atoms with Crippen molar-refractivity contribution in [2.45, 2.75) is 70.4 Å². The Bertz CT molecular complexity index is 930. The smallest absolute Gasteiger partial charge is 0.408 e. The van der Waals surface area contributed by atoms with Gasteiger partial charge >= 0.3 is 12.1 Å². The van der Waals surface area contributed by atoms with Gasteiger partial charge in [-0.05, 0) is 31.9 Å². The molecule has 190 valence electrons. The normalized spacial score (nSPS) is 21.1. The summed E-state index contributed by atoms with van der Waals surface area (Å²) in [7, 11) is 1.27. The van der Waals surface area contributed by atoms with Gasteiger partial charge in [0.05, 0.1) is 39.1 Å². The maximum Gasteiger partial charge on any atom is 0.408 e. The van der Waals surface area contributed by atoms with Crippen LogP contribution in [-0.2, 0) is 41.7 Å². The summed E-state index contributed by atoms with van der Waals surface area (Å²) >= 11 is 0. The summed E-state index contributed by atoms with van der Waals surface area (Å²) in [6.45, 7) is 6.23. The maximum atomic E-state index is 12.5. The van der Waals surface area contributed by atoms with Gasteiger partial charge in [0.2, 0.25) is 0 Å². The monoisotopic (exact) mass is 485 g/mol. The molecule has 0 radical (unpaired) electrons. The Balaban J connectivity index is 1.71. The Morgan fingerprint density at radius 2 is 1.49 bits per heavy atom. The number of alkyl carbamates (subject to hydrolysis) is 1. The van der Waals surface area contributed by atoms with Crippen LogP contribution in [0, 0.1) is 0 Å². The van der Waals surface area contributed by atoms with E-state index >= 15 is 0 Å². The molecule has 1 fully saturated rings. The highest BCUT2D eigenvalue weighted by molar-refractivity contribution is 5.82. The molecule has 8 nitrogen and oxygen atoms in total. The van der Waals surface area contributed by atoms with Crippen LogP contribution in [0.2, 0.25) is 0 Å². The lowest BCUT2D eigenvalue weighted by molar-refractivity contribution is -0.182. The molecule has 8 heteroatoms. The van der Waals surface area contributed by atoms with Crippen LogP contribution >= 0.6 is 0 Å². The zero-order chi connectivity index (χ0) is 25.3. The fourth-order valence-electron chi connectivity index (χ4n) is 3.76. The average molecular weight is 486 g/mol. The highest BCUT2D eigenvalue weighted by Gasteiger charge is 2.41. The minimum atomic E-state index is -1.05. The molecule has 1 saturated heterocycles. The zero-order valence-corrected chi connectivity index (χ0v) is 20.8. The predicted molar refractivity (Wildman–Crippen MR) is 130 cm³/mol. The zero-order valence-electron chi connectivity index (χ0n) is 20.8. The Kier molecular flexibility index (Phi) is 9.65. The lowest BCUT2D eigenvalue weighted by Crippen LogP contribution is -2.56. The first kappa shape index (κ1) is 26.7. The summed E-state index contributed by atoms with van der Waals surface area (Å²) in [6.07, 6.45) is -1.80. The Morgan fingerprint density at radius 1 is 0.943 bits per heavy atom. The first-order valence-corrected chi connectivity index (χ1v) is 11.7. The fraction of sp³-hybridized carbons (Fsp3) is 0.481. The number of carbonyl (C=O) groups is 2. The Morgan fingerprint density at radius 3 is 2.00 bits per heavy atom. The van der Waals surface area contributed by atoms with Crippen molar-refractivity contribution in [1.29, 1.82) is 0 Å². The molecule has 2 aromatic rings. The van der Waals surface area contributed by atoms with Crippen molar-refractivity contribution in [2.24, 2.45) is 0 Å². The lowest BCUT2D eigenvalue weighted by atomic mass is 9.97. The third-order valence-electron chi connectivity index (χ3n) is 5.47. The number of hydrogen-bond acceptors (Lipinski definition) is 7. The molecule has 1 heterocycles. The lowest BCUT2D eigenvalue weighted by Gasteiger charge is -2.38. The van der Waals surface area contributed by atoms with E-state index in [1.807, 2.05) is 60.7 Å². The van der Waals surface area contributed by atoms with Crippen LogP contribution in [0.3, 0.4) is 0 Å². The van der Waals surface area contributed by atoms with Crippen molar-refractivity contribution < 1.29 is 33.3 Å². The largest absolute Gasteiger partial charge is 0.467 e. The van der Waals surface area contributed by atoms with E-state index in [1.165, 1.54) is 7.11 Å². The molecular formula is C27H35NO7. The molecule has 0 aliphatic carbocycles. The molecule has 0 spiro atoms. The molecule has 0 saturated carbocycles. The maximum absolute atomic E-state index is 12.5. The first-order valence-electron chi connectivity index (χ1n) is 11.7. The molecule has 35 heavy (non-hydrogen) atoms. The van der Waals surface area contributed by atoms with Gasteiger partial charge in [-0.15, -0.1) is 0 Å². The van der Waals surface area contributed by atoms with Crippen molar-refractivity contribution >= 4 is 12.1 Å². The summed E-state index contributed by atoms with van der Waals surface area (Å²) < 4.78 is 28.7. The van der Waals surface area contributed by atoms with Gasteiger partial charge in [0, 0.05) is 6.42 Å². The average Bonchev–Trinajstić information content (AvgIpc) is 2.85. The van der Waals surface area contributed by atoms with Gasteiger partial charge < -0.3 is 29.0 Å². The number of benzene rings is 2. The number of hydrogen-bond donors (Lipinski definition) is 1. The number of methoxy groups -OCH3 is 1. The Labute approximate surface area is 206 Å². The summed E-state index contributed by atoms with van der Waals surface area (Å²) in [5.41, 5.74) is 1.35. The van der Waals surface area contributed by atoms with E-state index in [1.54, 1.807) is 20.8 Å². The standard InChI is InChI=1S/C27H35NO7/c1-27(2,3)35-26(30)28-24(25(29)31-4)22-15-21(32-16-19-11-7-5-8-12-19)23(18-34-22)33-17-20-13-9-6-10-14-20/h5-14,21-24H,15-18H2,1-4H3,(H,28,30)/t21-,22+,23+,24+/m0/s1. The van der Waals surface area contributed by atoms with Crippen molar-refractivity contribution in [2.75, 3.05) is 13.7 Å². The molecule has 4 atom stereocenters. The van der Waals surface area contributed by atoms with Gasteiger partial charge in [0.25, 0.3) is 0 Å². The van der Waals surface area contributed by atoms with Crippen LogP contribution in [-0.4, -0.2) is 55.7 Å². The molecule has 1 aliphatic rings. The second-order valence-electron chi connectivity index (χ2n) is 9.42. The minimum Gasteiger partial charge on any atom is -0.467 e. The number of rotatable bonds is 9. The predicted octanol–water partition coefficient (Wildman–Crippen LogP) is 4.01. The van der Waals surface area contributed by atoms with Gasteiger partial charge in [-0.25, -0.2) is 9.59 Å². The number of esters is 1. The van der Waals surface area contributed by atoms with E-state index in [0.717, 1.165) is 11.1 Å². The third-order valence-corrected chi connectivity index (χ3v) is 5.47. The molecular weight excluding hydrogens is 450 g/mol. The molecule has 1 amide bonds. The van der Waals surface area contributed by atoms with E-state index in [9.17, 15) is 9.59 Å². The number of nitrogens with one attached hydrogen (secondary N) is 1. The van der Waals surface area contributed by atoms with Crippen molar-refractivity contribution in [3.05, 3.63) is 71.8 Å². The molecule has 1 N–H and O–H groups in total. The highest BCUT2D eigenvalue weighted by atomic mass is 16.6. The second kappa shape index (κ2) is 12.7. The topological polar surface area (TPSA) is 92.3 Å². The van der Waals surface area contributed by atoms with E-state index in [2.05, 4.69) is 5.32 Å². The van der Waals surface area contributed by atoms with Gasteiger partial charge in [0.1, 0.15) is 11.7 Å². The summed E-state index contributed by atoms with van der Waals surface area (Å²) in [4.78, 5) is 24.9. The van der Waals surface area contributed by atoms with Gasteiger partial charge in [-0.2, -0.15) is 0 Å². The number of amides is 1. The fourth-order valence-corrected chi connectivity index (χ4v) is 3.76.